The average molecular weight is 197 g/mol. The minimum atomic E-state index is -5.19. The zero-order valence-corrected chi connectivity index (χ0v) is 5.81. The summed E-state index contributed by atoms with van der Waals surface area (Å²) in [5, 5.41) is 9.14. The molecule has 6 nitrogen and oxygen atoms in total. The second-order valence-electron chi connectivity index (χ2n) is 1.56. The molecule has 0 bridgehead atoms. The van der Waals surface area contributed by atoms with Gasteiger partial charge in [-0.3, -0.25) is 0 Å². The molecule has 0 atom stereocenters. The van der Waals surface area contributed by atoms with E-state index >= 15 is 0 Å². The Balaban J connectivity index is 3.86. The highest BCUT2D eigenvalue weighted by atomic mass is 19.4. The molecule has 0 unspecified atom stereocenters. The first-order chi connectivity index (χ1) is 5.88. The number of nitrogens with one attached hydrogen (secondary N) is 2. The van der Waals surface area contributed by atoms with E-state index in [9.17, 15) is 22.8 Å². The van der Waals surface area contributed by atoms with Gasteiger partial charge < -0.3 is 4.84 Å². The summed E-state index contributed by atoms with van der Waals surface area (Å²) in [6.07, 6.45) is -4.10. The SMILES string of the molecule is N#CNC(=O)NOC(=O)C(F)(F)F. The van der Waals surface area contributed by atoms with E-state index in [1.165, 1.54) is 5.32 Å². The first kappa shape index (κ1) is 11.0. The van der Waals surface area contributed by atoms with Crippen LogP contribution in [0.4, 0.5) is 18.0 Å². The van der Waals surface area contributed by atoms with Gasteiger partial charge in [0.05, 0.1) is 0 Å². The molecule has 72 valence electrons. The molecule has 0 aromatic carbocycles. The smallest absolute Gasteiger partial charge is 0.331 e. The van der Waals surface area contributed by atoms with Crippen molar-refractivity contribution >= 4 is 12.0 Å². The Morgan fingerprint density at radius 2 is 1.92 bits per heavy atom. The molecule has 2 N–H and O–H groups in total. The van der Waals surface area contributed by atoms with Crippen LogP contribution >= 0.6 is 0 Å². The van der Waals surface area contributed by atoms with Gasteiger partial charge in [-0.25, -0.2) is 14.9 Å². The maximum Gasteiger partial charge on any atom is 0.493 e. The van der Waals surface area contributed by atoms with Crippen molar-refractivity contribution in [1.29, 1.82) is 5.26 Å². The van der Waals surface area contributed by atoms with Crippen molar-refractivity contribution in [2.24, 2.45) is 0 Å². The summed E-state index contributed by atoms with van der Waals surface area (Å²) in [5.74, 6) is -2.58. The number of nitrogens with zero attached hydrogens (tertiary/aromatic N) is 1. The summed E-state index contributed by atoms with van der Waals surface area (Å²) < 4.78 is 34.1. The number of rotatable bonds is 0. The number of urea groups is 1. The molecule has 0 rings (SSSR count). The van der Waals surface area contributed by atoms with E-state index in [0.29, 0.717) is 0 Å². The lowest BCUT2D eigenvalue weighted by atomic mass is 10.7. The first-order valence-corrected chi connectivity index (χ1v) is 2.61. The molecule has 0 aromatic heterocycles. The second-order valence-corrected chi connectivity index (χ2v) is 1.56. The summed E-state index contributed by atoms with van der Waals surface area (Å²) in [6, 6.07) is -1.37. The summed E-state index contributed by atoms with van der Waals surface area (Å²) in [6.45, 7) is 0. The fraction of sp³-hybridized carbons (Fsp3) is 0.250. The normalized spacial score (nSPS) is 9.69. The van der Waals surface area contributed by atoms with Crippen molar-refractivity contribution in [3.63, 3.8) is 0 Å². The molecule has 0 radical (unpaired) electrons. The van der Waals surface area contributed by atoms with Crippen LogP contribution in [0, 0.1) is 11.5 Å². The van der Waals surface area contributed by atoms with Gasteiger partial charge in [0.15, 0.2) is 6.19 Å². The molecular formula is C4H2F3N3O3. The van der Waals surface area contributed by atoms with Crippen molar-refractivity contribution in [3.05, 3.63) is 0 Å². The Kier molecular flexibility index (Phi) is 3.52. The lowest BCUT2D eigenvalue weighted by Crippen LogP contribution is -2.38. The molecule has 0 aliphatic rings. The number of hydrogen-bond acceptors (Lipinski definition) is 4. The van der Waals surface area contributed by atoms with Gasteiger partial charge in [-0.1, -0.05) is 0 Å². The number of alkyl halides is 3. The lowest BCUT2D eigenvalue weighted by Gasteiger charge is -2.05. The van der Waals surface area contributed by atoms with E-state index in [4.69, 9.17) is 5.26 Å². The summed E-state index contributed by atoms with van der Waals surface area (Å²) in [4.78, 5) is 23.3. The number of amides is 2. The number of halogens is 3. The van der Waals surface area contributed by atoms with Crippen molar-refractivity contribution in [2.75, 3.05) is 0 Å². The van der Waals surface area contributed by atoms with Crippen molar-refractivity contribution < 1.29 is 27.6 Å². The van der Waals surface area contributed by atoms with E-state index in [0.717, 1.165) is 11.7 Å². The quantitative estimate of drug-likeness (QED) is 0.319. The minimum Gasteiger partial charge on any atom is -0.331 e. The van der Waals surface area contributed by atoms with Crippen molar-refractivity contribution in [2.45, 2.75) is 6.18 Å². The maximum atomic E-state index is 11.4. The Hall–Kier alpha value is -1.98. The Labute approximate surface area is 69.2 Å². The number of carbonyl (C=O) groups is 2. The van der Waals surface area contributed by atoms with E-state index in [1.807, 2.05) is 0 Å². The maximum absolute atomic E-state index is 11.4. The second kappa shape index (κ2) is 4.15. The highest BCUT2D eigenvalue weighted by Crippen LogP contribution is 2.15. The molecule has 0 fully saturated rings. The molecule has 0 aliphatic heterocycles. The van der Waals surface area contributed by atoms with Crippen LogP contribution in [0.25, 0.3) is 0 Å². The Morgan fingerprint density at radius 3 is 2.31 bits per heavy atom. The molecular weight excluding hydrogens is 195 g/mol. The third-order valence-corrected chi connectivity index (χ3v) is 0.637. The van der Waals surface area contributed by atoms with Crippen LogP contribution in [-0.4, -0.2) is 18.2 Å². The largest absolute Gasteiger partial charge is 0.493 e. The monoisotopic (exact) mass is 197 g/mol. The molecule has 0 saturated heterocycles. The van der Waals surface area contributed by atoms with Gasteiger partial charge in [0.1, 0.15) is 0 Å². The first-order valence-electron chi connectivity index (χ1n) is 2.61. The lowest BCUT2D eigenvalue weighted by molar-refractivity contribution is -0.204. The molecule has 0 spiro atoms. The van der Waals surface area contributed by atoms with Gasteiger partial charge >= 0.3 is 18.2 Å². The minimum absolute atomic E-state index is 1.05. The van der Waals surface area contributed by atoms with Crippen LogP contribution in [0.2, 0.25) is 0 Å². The molecule has 2 amide bonds. The summed E-state index contributed by atoms with van der Waals surface area (Å²) in [5.41, 5.74) is 1.05. The topological polar surface area (TPSA) is 91.2 Å². The fourth-order valence-corrected chi connectivity index (χ4v) is 0.227. The zero-order valence-electron chi connectivity index (χ0n) is 5.81. The van der Waals surface area contributed by atoms with Crippen LogP contribution in [0.5, 0.6) is 0 Å². The Morgan fingerprint density at radius 1 is 1.38 bits per heavy atom. The van der Waals surface area contributed by atoms with Gasteiger partial charge in [-0.05, 0) is 0 Å². The standard InChI is InChI=1S/C4H2F3N3O3/c5-4(6,7)2(11)13-10-3(12)9-1-8/h(H2,9,10,12). The molecule has 9 heteroatoms. The molecule has 0 saturated carbocycles. The highest BCUT2D eigenvalue weighted by molar-refractivity contribution is 5.79. The third kappa shape index (κ3) is 4.46. The Bertz CT molecular complexity index is 256. The summed E-state index contributed by atoms with van der Waals surface area (Å²) >= 11 is 0. The molecule has 0 aromatic rings. The average Bonchev–Trinajstić information content (AvgIpc) is 1.99. The van der Waals surface area contributed by atoms with Crippen LogP contribution in [-0.2, 0) is 9.63 Å². The van der Waals surface area contributed by atoms with E-state index in [1.54, 1.807) is 0 Å². The van der Waals surface area contributed by atoms with Gasteiger partial charge in [0.2, 0.25) is 0 Å². The molecule has 0 heterocycles. The number of carbonyl (C=O) groups excluding carboxylic acids is 2. The number of nitriles is 1. The van der Waals surface area contributed by atoms with E-state index < -0.39 is 18.2 Å². The predicted octanol–water partition coefficient (Wildman–Crippen LogP) is -0.213. The molecule has 0 aliphatic carbocycles. The summed E-state index contributed by atoms with van der Waals surface area (Å²) in [7, 11) is 0. The van der Waals surface area contributed by atoms with E-state index in [-0.39, 0.29) is 0 Å². The van der Waals surface area contributed by atoms with E-state index in [2.05, 4.69) is 4.84 Å². The van der Waals surface area contributed by atoms with Gasteiger partial charge in [-0.2, -0.15) is 23.9 Å². The fourth-order valence-electron chi connectivity index (χ4n) is 0.227. The van der Waals surface area contributed by atoms with Crippen LogP contribution in [0.15, 0.2) is 0 Å². The zero-order chi connectivity index (χ0) is 10.5. The highest BCUT2D eigenvalue weighted by Gasteiger charge is 2.41. The van der Waals surface area contributed by atoms with Gasteiger partial charge in [0.25, 0.3) is 0 Å². The van der Waals surface area contributed by atoms with Gasteiger partial charge in [-0.15, -0.1) is 0 Å². The number of hydrogen-bond donors (Lipinski definition) is 2. The molecule has 13 heavy (non-hydrogen) atoms. The van der Waals surface area contributed by atoms with Gasteiger partial charge in [0, 0.05) is 0 Å². The van der Waals surface area contributed by atoms with Crippen LogP contribution in [0.1, 0.15) is 0 Å². The van der Waals surface area contributed by atoms with Crippen molar-refractivity contribution in [1.82, 2.24) is 10.8 Å². The third-order valence-electron chi connectivity index (χ3n) is 0.637. The van der Waals surface area contributed by atoms with Crippen molar-refractivity contribution in [3.8, 4) is 6.19 Å². The predicted molar refractivity (Wildman–Crippen MR) is 29.4 cm³/mol. The van der Waals surface area contributed by atoms with Crippen LogP contribution in [0.3, 0.4) is 0 Å². The van der Waals surface area contributed by atoms with Crippen LogP contribution < -0.4 is 10.8 Å². The number of hydroxylamine groups is 1.